The van der Waals surface area contributed by atoms with Crippen molar-refractivity contribution in [2.24, 2.45) is 0 Å². The topological polar surface area (TPSA) is 85.2 Å². The zero-order chi connectivity index (χ0) is 17.9. The Morgan fingerprint density at radius 3 is 2.26 bits per heavy atom. The second-order valence-electron chi connectivity index (χ2n) is 6.91. The number of methoxy groups -OCH3 is 1. The summed E-state index contributed by atoms with van der Waals surface area (Å²) in [6.07, 6.45) is 0. The van der Waals surface area contributed by atoms with E-state index in [-0.39, 0.29) is 11.6 Å². The van der Waals surface area contributed by atoms with Crippen LogP contribution in [0, 0.1) is 0 Å². The van der Waals surface area contributed by atoms with Gasteiger partial charge in [-0.1, -0.05) is 32.9 Å². The third-order valence-electron chi connectivity index (χ3n) is 4.22. The van der Waals surface area contributed by atoms with Gasteiger partial charge in [-0.25, -0.2) is 4.57 Å². The molecule has 0 amide bonds. The largest absolute Gasteiger partial charge is 0.496 e. The minimum Gasteiger partial charge on any atom is -0.496 e. The van der Waals surface area contributed by atoms with Gasteiger partial charge in [0.05, 0.1) is 20.3 Å². The minimum absolute atomic E-state index is 0.0778. The molecule has 0 spiro atoms. The summed E-state index contributed by atoms with van der Waals surface area (Å²) in [5.41, 5.74) is 1.40. The lowest BCUT2D eigenvalue weighted by Crippen LogP contribution is -2.40. The molecule has 132 valence electrons. The first-order chi connectivity index (χ1) is 10.4. The predicted molar refractivity (Wildman–Crippen MR) is 91.8 cm³/mol. The molecule has 0 saturated carbocycles. The van der Waals surface area contributed by atoms with Crippen molar-refractivity contribution in [3.63, 3.8) is 0 Å². The summed E-state index contributed by atoms with van der Waals surface area (Å²) < 4.78 is 27.1. The van der Waals surface area contributed by atoms with Gasteiger partial charge in [-0.05, 0) is 29.8 Å². The van der Waals surface area contributed by atoms with Gasteiger partial charge < -0.3 is 18.9 Å². The first-order valence-corrected chi connectivity index (χ1v) is 11.8. The molecule has 0 radical (unpaired) electrons. The van der Waals surface area contributed by atoms with Gasteiger partial charge in [0.25, 0.3) is 0 Å². The number of ether oxygens (including phenoxy) is 1. The Morgan fingerprint density at radius 1 is 1.17 bits per heavy atom. The van der Waals surface area contributed by atoms with Crippen molar-refractivity contribution in [3.05, 3.63) is 29.3 Å². The maximum absolute atomic E-state index is 11.0. The molecule has 0 aliphatic rings. The highest BCUT2D eigenvalue weighted by molar-refractivity contribution is 7.46. The lowest BCUT2D eigenvalue weighted by atomic mass is 10.1. The Kier molecular flexibility index (Phi) is 6.61. The second kappa shape index (κ2) is 7.47. The maximum atomic E-state index is 11.0. The average molecular weight is 362 g/mol. The van der Waals surface area contributed by atoms with E-state index in [0.717, 1.165) is 5.56 Å². The Hall–Kier alpha value is -0.693. The molecule has 0 aliphatic carbocycles. The molecule has 0 atom stereocenters. The van der Waals surface area contributed by atoms with Crippen molar-refractivity contribution < 1.29 is 28.0 Å². The Bertz CT molecular complexity index is 576. The molecule has 0 saturated heterocycles. The van der Waals surface area contributed by atoms with Crippen LogP contribution < -0.4 is 4.74 Å². The van der Waals surface area contributed by atoms with Gasteiger partial charge in [0.15, 0.2) is 8.32 Å². The minimum atomic E-state index is -4.55. The highest BCUT2D eigenvalue weighted by Gasteiger charge is 2.37. The fourth-order valence-corrected chi connectivity index (χ4v) is 2.97. The van der Waals surface area contributed by atoms with Gasteiger partial charge in [-0.15, -0.1) is 0 Å². The summed E-state index contributed by atoms with van der Waals surface area (Å²) in [7, 11) is -4.97. The molecule has 1 aromatic rings. The van der Waals surface area contributed by atoms with Crippen LogP contribution in [-0.2, 0) is 26.7 Å². The van der Waals surface area contributed by atoms with Crippen molar-refractivity contribution in [3.8, 4) is 5.75 Å². The molecule has 6 nitrogen and oxygen atoms in total. The van der Waals surface area contributed by atoms with E-state index in [1.54, 1.807) is 6.07 Å². The smallest absolute Gasteiger partial charge is 0.469 e. The Labute approximate surface area is 139 Å². The first kappa shape index (κ1) is 20.4. The van der Waals surface area contributed by atoms with Gasteiger partial charge in [0, 0.05) is 5.56 Å². The lowest BCUT2D eigenvalue weighted by Gasteiger charge is -2.36. The van der Waals surface area contributed by atoms with Gasteiger partial charge >= 0.3 is 7.82 Å². The average Bonchev–Trinajstić information content (AvgIpc) is 2.40. The molecule has 23 heavy (non-hydrogen) atoms. The SMILES string of the molecule is COc1cccc(CO[Si](C)(C)C(C)(C)C)c1COP(=O)(O)O. The molecule has 0 heterocycles. The van der Waals surface area contributed by atoms with Crippen LogP contribution in [0.25, 0.3) is 0 Å². The maximum Gasteiger partial charge on any atom is 0.469 e. The third-order valence-corrected chi connectivity index (χ3v) is 9.17. The molecule has 0 unspecified atom stereocenters. The number of rotatable bonds is 7. The predicted octanol–water partition coefficient (Wildman–Crippen LogP) is 3.83. The molecular formula is C15H27O6PSi. The van der Waals surface area contributed by atoms with Crippen molar-refractivity contribution in [2.75, 3.05) is 7.11 Å². The van der Waals surface area contributed by atoms with Gasteiger partial charge in [-0.3, -0.25) is 4.52 Å². The quantitative estimate of drug-likeness (QED) is 0.566. The van der Waals surface area contributed by atoms with E-state index >= 15 is 0 Å². The first-order valence-electron chi connectivity index (χ1n) is 7.36. The summed E-state index contributed by atoms with van der Waals surface area (Å²) in [6.45, 7) is 10.9. The van der Waals surface area contributed by atoms with Crippen LogP contribution in [-0.4, -0.2) is 25.2 Å². The monoisotopic (exact) mass is 362 g/mol. The molecule has 0 aliphatic heterocycles. The van der Waals surface area contributed by atoms with Crippen molar-refractivity contribution in [1.29, 1.82) is 0 Å². The van der Waals surface area contributed by atoms with Gasteiger partial charge in [0.1, 0.15) is 5.75 Å². The molecule has 1 rings (SSSR count). The normalized spacial score (nSPS) is 13.2. The highest BCUT2D eigenvalue weighted by atomic mass is 31.2. The second-order valence-corrected chi connectivity index (χ2v) is 13.0. The van der Waals surface area contributed by atoms with E-state index < -0.39 is 16.1 Å². The number of phosphoric acid groups is 1. The fourth-order valence-electron chi connectivity index (χ4n) is 1.72. The molecule has 8 heteroatoms. The zero-order valence-corrected chi connectivity index (χ0v) is 16.5. The number of phosphoric ester groups is 1. The van der Waals surface area contributed by atoms with Crippen LogP contribution in [0.3, 0.4) is 0 Å². The van der Waals surface area contributed by atoms with Crippen LogP contribution in [0.1, 0.15) is 31.9 Å². The third kappa shape index (κ3) is 6.03. The Morgan fingerprint density at radius 2 is 1.78 bits per heavy atom. The zero-order valence-electron chi connectivity index (χ0n) is 14.6. The van der Waals surface area contributed by atoms with E-state index in [9.17, 15) is 4.57 Å². The number of hydrogen-bond acceptors (Lipinski definition) is 4. The Balaban J connectivity index is 3.00. The summed E-state index contributed by atoms with van der Waals surface area (Å²) in [5.74, 6) is 0.523. The van der Waals surface area contributed by atoms with Gasteiger partial charge in [-0.2, -0.15) is 0 Å². The summed E-state index contributed by atoms with van der Waals surface area (Å²) >= 11 is 0. The van der Waals surface area contributed by atoms with Crippen molar-refractivity contribution in [2.45, 2.75) is 52.1 Å². The summed E-state index contributed by atoms with van der Waals surface area (Å²) in [5, 5.41) is 0.0778. The van der Waals surface area contributed by atoms with Crippen LogP contribution >= 0.6 is 7.82 Å². The van der Waals surface area contributed by atoms with E-state index in [2.05, 4.69) is 38.4 Å². The van der Waals surface area contributed by atoms with E-state index in [1.807, 2.05) is 12.1 Å². The molecule has 0 aromatic heterocycles. The van der Waals surface area contributed by atoms with E-state index in [0.29, 0.717) is 17.9 Å². The number of hydrogen-bond donors (Lipinski definition) is 2. The molecular weight excluding hydrogens is 335 g/mol. The highest BCUT2D eigenvalue weighted by Crippen LogP contribution is 2.40. The molecule has 1 aromatic carbocycles. The lowest BCUT2D eigenvalue weighted by molar-refractivity contribution is 0.184. The molecule has 0 fully saturated rings. The van der Waals surface area contributed by atoms with Gasteiger partial charge in [0.2, 0.25) is 0 Å². The summed E-state index contributed by atoms with van der Waals surface area (Å²) in [4.78, 5) is 17.8. The van der Waals surface area contributed by atoms with E-state index in [1.165, 1.54) is 7.11 Å². The van der Waals surface area contributed by atoms with Crippen LogP contribution in [0.5, 0.6) is 5.75 Å². The number of benzene rings is 1. The fraction of sp³-hybridized carbons (Fsp3) is 0.600. The van der Waals surface area contributed by atoms with Crippen LogP contribution in [0.2, 0.25) is 18.1 Å². The molecule has 2 N–H and O–H groups in total. The molecule has 0 bridgehead atoms. The van der Waals surface area contributed by atoms with E-state index in [4.69, 9.17) is 18.9 Å². The summed E-state index contributed by atoms with van der Waals surface area (Å²) in [6, 6.07) is 5.41. The standard InChI is InChI=1S/C15H27O6PSi/c1-15(2,3)23(5,6)21-10-12-8-7-9-14(19-4)13(12)11-20-22(16,17)18/h7-9H,10-11H2,1-6H3,(H2,16,17,18). The van der Waals surface area contributed by atoms with Crippen molar-refractivity contribution >= 4 is 16.1 Å². The van der Waals surface area contributed by atoms with Crippen LogP contribution in [0.15, 0.2) is 18.2 Å². The van der Waals surface area contributed by atoms with Crippen LogP contribution in [0.4, 0.5) is 0 Å². The van der Waals surface area contributed by atoms with Crippen molar-refractivity contribution in [1.82, 2.24) is 0 Å².